The molecular weight excluding hydrogens is 277 g/mol. The van der Waals surface area contributed by atoms with E-state index in [-0.39, 0.29) is 20.7 Å². The molecule has 0 saturated heterocycles. The zero-order valence-corrected chi connectivity index (χ0v) is 8.90. The van der Waals surface area contributed by atoms with Gasteiger partial charge < -0.3 is 0 Å². The van der Waals surface area contributed by atoms with Gasteiger partial charge in [0.25, 0.3) is 0 Å². The SMILES string of the molecule is Fc1cc(Br)c(F)c2nc(Cl)ncc12. The summed E-state index contributed by atoms with van der Waals surface area (Å²) < 4.78 is 26.6. The van der Waals surface area contributed by atoms with Crippen molar-refractivity contribution in [2.45, 2.75) is 0 Å². The van der Waals surface area contributed by atoms with Gasteiger partial charge in [0.2, 0.25) is 5.28 Å². The zero-order chi connectivity index (χ0) is 10.3. The molecule has 0 atom stereocenters. The van der Waals surface area contributed by atoms with Crippen LogP contribution in [0, 0.1) is 11.6 Å². The highest BCUT2D eigenvalue weighted by Gasteiger charge is 2.12. The van der Waals surface area contributed by atoms with E-state index in [1.54, 1.807) is 0 Å². The number of hydrogen-bond acceptors (Lipinski definition) is 2. The van der Waals surface area contributed by atoms with Gasteiger partial charge >= 0.3 is 0 Å². The summed E-state index contributed by atoms with van der Waals surface area (Å²) in [4.78, 5) is 7.18. The van der Waals surface area contributed by atoms with Gasteiger partial charge in [-0.3, -0.25) is 0 Å². The molecular formula is C8H2BrClF2N2. The van der Waals surface area contributed by atoms with Crippen LogP contribution in [0.1, 0.15) is 0 Å². The molecule has 0 bridgehead atoms. The lowest BCUT2D eigenvalue weighted by Gasteiger charge is -2.01. The van der Waals surface area contributed by atoms with Crippen LogP contribution < -0.4 is 0 Å². The Morgan fingerprint density at radius 2 is 2.07 bits per heavy atom. The Balaban J connectivity index is 2.95. The number of nitrogens with zero attached hydrogens (tertiary/aromatic N) is 2. The summed E-state index contributed by atoms with van der Waals surface area (Å²) in [5, 5.41) is -0.107. The molecule has 0 spiro atoms. The number of rotatable bonds is 0. The molecule has 14 heavy (non-hydrogen) atoms. The molecule has 0 aliphatic rings. The highest BCUT2D eigenvalue weighted by atomic mass is 79.9. The number of benzene rings is 1. The molecule has 2 nitrogen and oxygen atoms in total. The quantitative estimate of drug-likeness (QED) is 0.546. The smallest absolute Gasteiger partial charge is 0.223 e. The molecule has 1 aromatic carbocycles. The lowest BCUT2D eigenvalue weighted by molar-refractivity contribution is 0.609. The van der Waals surface area contributed by atoms with Crippen molar-refractivity contribution in [1.82, 2.24) is 9.97 Å². The largest absolute Gasteiger partial charge is 0.226 e. The molecule has 1 aromatic heterocycles. The van der Waals surface area contributed by atoms with E-state index in [1.165, 1.54) is 0 Å². The van der Waals surface area contributed by atoms with Gasteiger partial charge in [-0.2, -0.15) is 0 Å². The monoisotopic (exact) mass is 278 g/mol. The lowest BCUT2D eigenvalue weighted by atomic mass is 10.2. The van der Waals surface area contributed by atoms with Crippen molar-refractivity contribution >= 4 is 38.4 Å². The first-order valence-electron chi connectivity index (χ1n) is 3.55. The Labute approximate surface area is 91.1 Å². The van der Waals surface area contributed by atoms with Crippen LogP contribution in [0.4, 0.5) is 8.78 Å². The summed E-state index contributed by atoms with van der Waals surface area (Å²) >= 11 is 8.34. The van der Waals surface area contributed by atoms with Crippen molar-refractivity contribution < 1.29 is 8.78 Å². The highest BCUT2D eigenvalue weighted by Crippen LogP contribution is 2.26. The van der Waals surface area contributed by atoms with Crippen LogP contribution in [0.5, 0.6) is 0 Å². The summed E-state index contributed by atoms with van der Waals surface area (Å²) in [6.07, 6.45) is 1.15. The standard InChI is InChI=1S/C8H2BrClF2N2/c9-4-1-5(11)3-2-13-8(10)14-7(3)6(4)12/h1-2H. The Kier molecular flexibility index (Phi) is 2.36. The van der Waals surface area contributed by atoms with Gasteiger partial charge in [0.05, 0.1) is 9.86 Å². The summed E-state index contributed by atoms with van der Waals surface area (Å²) in [7, 11) is 0. The van der Waals surface area contributed by atoms with Crippen molar-refractivity contribution in [3.63, 3.8) is 0 Å². The fourth-order valence-electron chi connectivity index (χ4n) is 1.07. The highest BCUT2D eigenvalue weighted by molar-refractivity contribution is 9.10. The second-order valence-electron chi connectivity index (χ2n) is 2.56. The van der Waals surface area contributed by atoms with Crippen molar-refractivity contribution in [3.8, 4) is 0 Å². The molecule has 1 heterocycles. The van der Waals surface area contributed by atoms with Crippen molar-refractivity contribution in [2.75, 3.05) is 0 Å². The molecule has 2 rings (SSSR count). The Morgan fingerprint density at radius 3 is 2.79 bits per heavy atom. The van der Waals surface area contributed by atoms with E-state index >= 15 is 0 Å². The van der Waals surface area contributed by atoms with E-state index < -0.39 is 11.6 Å². The van der Waals surface area contributed by atoms with E-state index in [1.807, 2.05) is 0 Å². The van der Waals surface area contributed by atoms with E-state index in [0.29, 0.717) is 0 Å². The Morgan fingerprint density at radius 1 is 1.36 bits per heavy atom. The molecule has 0 fully saturated rings. The van der Waals surface area contributed by atoms with Crippen molar-refractivity contribution in [2.24, 2.45) is 0 Å². The van der Waals surface area contributed by atoms with Gasteiger partial charge in [-0.25, -0.2) is 18.7 Å². The number of halogens is 4. The maximum Gasteiger partial charge on any atom is 0.223 e. The zero-order valence-electron chi connectivity index (χ0n) is 6.56. The second kappa shape index (κ2) is 3.40. The number of aromatic nitrogens is 2. The summed E-state index contributed by atoms with van der Waals surface area (Å²) in [5.74, 6) is -1.24. The van der Waals surface area contributed by atoms with Gasteiger partial charge in [-0.1, -0.05) is 0 Å². The molecule has 0 amide bonds. The minimum atomic E-state index is -0.648. The molecule has 6 heteroatoms. The summed E-state index contributed by atoms with van der Waals surface area (Å²) in [5.41, 5.74) is -0.128. The van der Waals surface area contributed by atoms with E-state index in [9.17, 15) is 8.78 Å². The van der Waals surface area contributed by atoms with E-state index in [4.69, 9.17) is 11.6 Å². The molecule has 0 radical (unpaired) electrons. The molecule has 2 aromatic rings. The first kappa shape index (κ1) is 9.73. The molecule has 0 aliphatic carbocycles. The molecule has 0 aliphatic heterocycles. The van der Waals surface area contributed by atoms with Crippen LogP contribution >= 0.6 is 27.5 Å². The fourth-order valence-corrected chi connectivity index (χ4v) is 1.59. The minimum absolute atomic E-state index is 0.00935. The maximum atomic E-state index is 13.4. The van der Waals surface area contributed by atoms with Gasteiger partial charge in [0.1, 0.15) is 11.3 Å². The minimum Gasteiger partial charge on any atom is -0.226 e. The van der Waals surface area contributed by atoms with Gasteiger partial charge in [0, 0.05) is 6.20 Å². The van der Waals surface area contributed by atoms with Crippen LogP contribution in [-0.4, -0.2) is 9.97 Å². The molecule has 72 valence electrons. The number of hydrogen-bond donors (Lipinski definition) is 0. The van der Waals surface area contributed by atoms with E-state index in [0.717, 1.165) is 12.3 Å². The second-order valence-corrected chi connectivity index (χ2v) is 3.75. The Bertz CT molecular complexity index is 518. The third-order valence-corrected chi connectivity index (χ3v) is 2.45. The molecule has 0 N–H and O–H groups in total. The maximum absolute atomic E-state index is 13.4. The average Bonchev–Trinajstić information content (AvgIpc) is 2.14. The van der Waals surface area contributed by atoms with E-state index in [2.05, 4.69) is 25.9 Å². The molecule has 0 saturated carbocycles. The van der Waals surface area contributed by atoms with Crippen LogP contribution in [0.25, 0.3) is 10.9 Å². The lowest BCUT2D eigenvalue weighted by Crippen LogP contribution is -1.92. The third-order valence-electron chi connectivity index (χ3n) is 1.69. The van der Waals surface area contributed by atoms with Crippen LogP contribution in [0.15, 0.2) is 16.7 Å². The predicted octanol–water partition coefficient (Wildman–Crippen LogP) is 3.32. The van der Waals surface area contributed by atoms with Gasteiger partial charge in [-0.15, -0.1) is 0 Å². The first-order chi connectivity index (χ1) is 6.59. The average molecular weight is 279 g/mol. The van der Waals surface area contributed by atoms with Crippen molar-refractivity contribution in [1.29, 1.82) is 0 Å². The van der Waals surface area contributed by atoms with Crippen LogP contribution in [-0.2, 0) is 0 Å². The predicted molar refractivity (Wildman–Crippen MR) is 52.2 cm³/mol. The van der Waals surface area contributed by atoms with Crippen molar-refractivity contribution in [3.05, 3.63) is 33.7 Å². The van der Waals surface area contributed by atoms with Crippen LogP contribution in [0.3, 0.4) is 0 Å². The van der Waals surface area contributed by atoms with Crippen LogP contribution in [0.2, 0.25) is 5.28 Å². The van der Waals surface area contributed by atoms with Gasteiger partial charge in [-0.05, 0) is 33.6 Å². The normalized spacial score (nSPS) is 10.9. The fraction of sp³-hybridized carbons (Fsp3) is 0. The topological polar surface area (TPSA) is 25.8 Å². The summed E-state index contributed by atoms with van der Waals surface area (Å²) in [6.45, 7) is 0. The first-order valence-corrected chi connectivity index (χ1v) is 4.72. The Hall–Kier alpha value is -0.810. The van der Waals surface area contributed by atoms with Gasteiger partial charge in [0.15, 0.2) is 5.82 Å². The summed E-state index contributed by atoms with van der Waals surface area (Å²) in [6, 6.07) is 1.02. The third kappa shape index (κ3) is 1.46. The number of fused-ring (bicyclic) bond motifs is 1. The molecule has 0 unspecified atom stereocenters.